The van der Waals surface area contributed by atoms with Gasteiger partial charge < -0.3 is 10.1 Å². The normalized spacial score (nSPS) is 19.6. The minimum Gasteiger partial charge on any atom is -0.465 e. The number of Topliss-reactive ketones (excluding diaryl/α,β-unsaturated/α-hetero) is 1. The number of hydrogen-bond acceptors (Lipinski definition) is 5. The molecule has 0 bridgehead atoms. The lowest BCUT2D eigenvalue weighted by molar-refractivity contribution is -0.147. The van der Waals surface area contributed by atoms with Gasteiger partial charge in [0.25, 0.3) is 5.91 Å². The van der Waals surface area contributed by atoms with Gasteiger partial charge in [-0.25, -0.2) is 8.78 Å². The van der Waals surface area contributed by atoms with Crippen molar-refractivity contribution in [1.29, 1.82) is 5.26 Å². The Morgan fingerprint density at radius 2 is 1.75 bits per heavy atom. The molecule has 2 unspecified atom stereocenters. The summed E-state index contributed by atoms with van der Waals surface area (Å²) in [6, 6.07) is 11.4. The first-order chi connectivity index (χ1) is 15.1. The molecule has 2 aromatic carbocycles. The summed E-state index contributed by atoms with van der Waals surface area (Å²) in [5.41, 5.74) is -2.45. The second-order valence-corrected chi connectivity index (χ2v) is 8.19. The molecule has 1 amide bonds. The molecule has 3 rings (SSSR count). The molecule has 0 saturated heterocycles. The molecule has 32 heavy (non-hydrogen) atoms. The summed E-state index contributed by atoms with van der Waals surface area (Å²) in [6.45, 7) is 4.71. The van der Waals surface area contributed by atoms with E-state index in [0.29, 0.717) is 12.0 Å². The summed E-state index contributed by atoms with van der Waals surface area (Å²) in [6.07, 6.45) is 0.339. The molecular formula is C24H22F2N2O4. The molecule has 1 fully saturated rings. The first kappa shape index (κ1) is 23.1. The van der Waals surface area contributed by atoms with Crippen LogP contribution in [-0.2, 0) is 9.53 Å². The third kappa shape index (κ3) is 4.11. The Kier molecular flexibility index (Phi) is 6.13. The predicted octanol–water partition coefficient (Wildman–Crippen LogP) is 3.92. The Morgan fingerprint density at radius 3 is 2.28 bits per heavy atom. The highest BCUT2D eigenvalue weighted by molar-refractivity contribution is 6.06. The fraction of sp³-hybridized carbons (Fsp3) is 0.333. The Morgan fingerprint density at radius 1 is 1.16 bits per heavy atom. The van der Waals surface area contributed by atoms with Crippen molar-refractivity contribution in [3.8, 4) is 6.07 Å². The van der Waals surface area contributed by atoms with Crippen LogP contribution in [0, 0.1) is 28.4 Å². The fourth-order valence-corrected chi connectivity index (χ4v) is 3.67. The molecule has 0 heterocycles. The molecule has 8 heteroatoms. The average molecular weight is 440 g/mol. The summed E-state index contributed by atoms with van der Waals surface area (Å²) in [5.74, 6) is -4.45. The van der Waals surface area contributed by atoms with Gasteiger partial charge in [0.15, 0.2) is 11.2 Å². The Bertz CT molecular complexity index is 1100. The topological polar surface area (TPSA) is 96.3 Å². The van der Waals surface area contributed by atoms with Crippen LogP contribution >= 0.6 is 0 Å². The van der Waals surface area contributed by atoms with Crippen molar-refractivity contribution in [1.82, 2.24) is 5.32 Å². The van der Waals surface area contributed by atoms with Gasteiger partial charge >= 0.3 is 5.97 Å². The summed E-state index contributed by atoms with van der Waals surface area (Å²) in [4.78, 5) is 37.5. The van der Waals surface area contributed by atoms with Gasteiger partial charge in [-0.3, -0.25) is 14.4 Å². The first-order valence-electron chi connectivity index (χ1n) is 10.1. The van der Waals surface area contributed by atoms with E-state index in [-0.39, 0.29) is 18.1 Å². The molecule has 166 valence electrons. The van der Waals surface area contributed by atoms with Gasteiger partial charge in [-0.1, -0.05) is 30.3 Å². The highest BCUT2D eigenvalue weighted by Crippen LogP contribution is 2.59. The van der Waals surface area contributed by atoms with Crippen molar-refractivity contribution in [2.75, 3.05) is 6.61 Å². The molecule has 6 nitrogen and oxygen atoms in total. The third-order valence-corrected chi connectivity index (χ3v) is 5.56. The fourth-order valence-electron chi connectivity index (χ4n) is 3.67. The van der Waals surface area contributed by atoms with E-state index in [1.807, 2.05) is 6.07 Å². The molecule has 2 atom stereocenters. The van der Waals surface area contributed by atoms with Crippen LogP contribution in [0.4, 0.5) is 8.78 Å². The predicted molar refractivity (Wildman–Crippen MR) is 111 cm³/mol. The molecule has 0 radical (unpaired) electrons. The zero-order valence-electron chi connectivity index (χ0n) is 17.9. The Balaban J connectivity index is 1.75. The number of carbonyl (C=O) groups excluding carboxylic acids is 3. The quantitative estimate of drug-likeness (QED) is 0.520. The molecular weight excluding hydrogens is 418 g/mol. The number of amides is 1. The smallest absolute Gasteiger partial charge is 0.327 e. The van der Waals surface area contributed by atoms with Crippen LogP contribution in [0.15, 0.2) is 42.5 Å². The Hall–Kier alpha value is -3.60. The van der Waals surface area contributed by atoms with E-state index in [1.54, 1.807) is 19.1 Å². The maximum absolute atomic E-state index is 13.9. The van der Waals surface area contributed by atoms with E-state index in [1.165, 1.54) is 26.0 Å². The summed E-state index contributed by atoms with van der Waals surface area (Å²) in [7, 11) is 0. The van der Waals surface area contributed by atoms with Gasteiger partial charge in [0.1, 0.15) is 17.2 Å². The molecule has 1 aliphatic carbocycles. The summed E-state index contributed by atoms with van der Waals surface area (Å²) >= 11 is 0. The van der Waals surface area contributed by atoms with Gasteiger partial charge in [-0.15, -0.1) is 0 Å². The standard InChI is InChI=1S/C24H22F2N2O4/c1-4-32-22(31)24(13-27)12-16(24)14-8-10-15(11-9-14)20(29)23(2,3)28-21(30)19-17(25)6-5-7-18(19)26/h5-11,16H,4,12H2,1-3H3,(H,28,30). The van der Waals surface area contributed by atoms with Crippen molar-refractivity contribution in [3.63, 3.8) is 0 Å². The van der Waals surface area contributed by atoms with Crippen LogP contribution in [0.5, 0.6) is 0 Å². The molecule has 0 spiro atoms. The number of nitrogens with one attached hydrogen (secondary N) is 1. The van der Waals surface area contributed by atoms with Gasteiger partial charge in [0.05, 0.1) is 18.2 Å². The van der Waals surface area contributed by atoms with E-state index in [9.17, 15) is 28.4 Å². The van der Waals surface area contributed by atoms with Gasteiger partial charge in [0, 0.05) is 11.5 Å². The van der Waals surface area contributed by atoms with Crippen molar-refractivity contribution >= 4 is 17.7 Å². The average Bonchev–Trinajstić information content (AvgIpc) is 3.49. The van der Waals surface area contributed by atoms with Crippen LogP contribution in [-0.4, -0.2) is 29.8 Å². The number of benzene rings is 2. The number of esters is 1. The van der Waals surface area contributed by atoms with Crippen LogP contribution in [0.25, 0.3) is 0 Å². The van der Waals surface area contributed by atoms with Gasteiger partial charge in [0.2, 0.25) is 0 Å². The zero-order chi connectivity index (χ0) is 23.7. The first-order valence-corrected chi connectivity index (χ1v) is 10.1. The van der Waals surface area contributed by atoms with Crippen molar-refractivity contribution in [3.05, 3.63) is 70.8 Å². The molecule has 1 saturated carbocycles. The highest BCUT2D eigenvalue weighted by Gasteiger charge is 2.63. The minimum atomic E-state index is -1.45. The van der Waals surface area contributed by atoms with E-state index in [4.69, 9.17) is 4.74 Å². The number of carbonyl (C=O) groups is 3. The van der Waals surface area contributed by atoms with Crippen molar-refractivity contribution < 1.29 is 27.9 Å². The highest BCUT2D eigenvalue weighted by atomic mass is 19.1. The molecule has 2 aromatic rings. The molecule has 1 N–H and O–H groups in total. The van der Waals surface area contributed by atoms with Crippen molar-refractivity contribution in [2.45, 2.75) is 38.6 Å². The van der Waals surface area contributed by atoms with E-state index in [2.05, 4.69) is 5.32 Å². The summed E-state index contributed by atoms with van der Waals surface area (Å²) < 4.78 is 32.8. The molecule has 0 aromatic heterocycles. The number of ketones is 1. The number of ether oxygens (including phenoxy) is 1. The number of nitrogens with zero attached hydrogens (tertiary/aromatic N) is 1. The zero-order valence-corrected chi connectivity index (χ0v) is 17.9. The van der Waals surface area contributed by atoms with E-state index >= 15 is 0 Å². The lowest BCUT2D eigenvalue weighted by Gasteiger charge is -2.25. The number of nitriles is 1. The number of rotatable bonds is 7. The minimum absolute atomic E-state index is 0.181. The van der Waals surface area contributed by atoms with Crippen molar-refractivity contribution in [2.24, 2.45) is 5.41 Å². The number of halogens is 2. The van der Waals surface area contributed by atoms with Crippen LogP contribution in [0.3, 0.4) is 0 Å². The second kappa shape index (κ2) is 8.50. The largest absolute Gasteiger partial charge is 0.465 e. The van der Waals surface area contributed by atoms with Crippen LogP contribution in [0.2, 0.25) is 0 Å². The van der Waals surface area contributed by atoms with Crippen LogP contribution in [0.1, 0.15) is 59.4 Å². The lowest BCUT2D eigenvalue weighted by atomic mass is 9.91. The molecule has 0 aliphatic heterocycles. The van der Waals surface area contributed by atoms with E-state index < -0.39 is 45.8 Å². The Labute approximate surface area is 184 Å². The van der Waals surface area contributed by atoms with Crippen LogP contribution < -0.4 is 5.32 Å². The lowest BCUT2D eigenvalue weighted by Crippen LogP contribution is -2.50. The number of hydrogen-bond donors (Lipinski definition) is 1. The van der Waals surface area contributed by atoms with Gasteiger partial charge in [-0.05, 0) is 44.9 Å². The maximum atomic E-state index is 13.9. The SMILES string of the molecule is CCOC(=O)C1(C#N)CC1c1ccc(C(=O)C(C)(C)NC(=O)c2c(F)cccc2F)cc1. The van der Waals surface area contributed by atoms with E-state index in [0.717, 1.165) is 18.2 Å². The third-order valence-electron chi connectivity index (χ3n) is 5.56. The summed E-state index contributed by atoms with van der Waals surface area (Å²) in [5, 5.41) is 11.8. The maximum Gasteiger partial charge on any atom is 0.327 e. The monoisotopic (exact) mass is 440 g/mol. The second-order valence-electron chi connectivity index (χ2n) is 8.19. The van der Waals surface area contributed by atoms with Gasteiger partial charge in [-0.2, -0.15) is 5.26 Å². The molecule has 1 aliphatic rings.